The number of anilines is 8. The zero-order chi connectivity index (χ0) is 65.9. The molecule has 0 aliphatic rings. The van der Waals surface area contributed by atoms with Crippen molar-refractivity contribution >= 4 is 61.4 Å². The zero-order valence-corrected chi connectivity index (χ0v) is 55.1. The van der Waals surface area contributed by atoms with Crippen molar-refractivity contribution in [3.63, 3.8) is 0 Å². The third-order valence-electron chi connectivity index (χ3n) is 15.4. The lowest BCUT2D eigenvalue weighted by Crippen LogP contribution is -2.10. The molecule has 0 aliphatic carbocycles. The van der Waals surface area contributed by atoms with Gasteiger partial charge < -0.3 is 38.8 Å². The van der Waals surface area contributed by atoms with Crippen molar-refractivity contribution in [1.29, 1.82) is 0 Å². The molecular weight excluding hydrogens is 1260 g/mol. The summed E-state index contributed by atoms with van der Waals surface area (Å²) >= 11 is 3.41. The van der Waals surface area contributed by atoms with Crippen LogP contribution in [0.2, 0.25) is 0 Å². The van der Waals surface area contributed by atoms with Crippen LogP contribution >= 0.6 is 15.9 Å². The molecule has 14 aromatic carbocycles. The van der Waals surface area contributed by atoms with Gasteiger partial charge in [0.05, 0.1) is 0 Å². The standard InChI is InChI=1S/C50H40N2O3.C25H21NO.C13H11BrO/c1-5-16-39(17-6-1)37-53-48-27-13-24-44(34-48)51(41-20-9-3-10-21-41)43-30-32-47(33-31-43)55-50-29-15-26-46(36-50)52(42-22-11-4-12-23-42)45-25-14-28-49(35-45)54-38-40-18-7-2-8-19-40;1-3-8-20(9-4-1)18-21-10-7-13-25(19-21)27-24-16-14-23(15-17-24)26-22-11-5-2-6-12-22;14-12-7-4-8-13(9-12)15-10-11-5-2-1-3-6-11/h1-36H,37-38H2;1-17,19,26H,18H2;1-9H,10H2. The maximum Gasteiger partial charge on any atom is 0.129 e. The normalized spacial score (nSPS) is 10.5. The van der Waals surface area contributed by atoms with Gasteiger partial charge in [0, 0.05) is 68.2 Å². The highest BCUT2D eigenvalue weighted by Gasteiger charge is 2.17. The summed E-state index contributed by atoms with van der Waals surface area (Å²) < 4.78 is 31.6. The topological polar surface area (TPSA) is 64.7 Å². The van der Waals surface area contributed by atoms with E-state index < -0.39 is 0 Å². The Labute approximate surface area is 577 Å². The fourth-order valence-corrected chi connectivity index (χ4v) is 11.1. The summed E-state index contributed by atoms with van der Waals surface area (Å²) in [5.74, 6) is 5.62. The Hall–Kier alpha value is -12.0. The minimum atomic E-state index is 0.496. The van der Waals surface area contributed by atoms with Crippen molar-refractivity contribution in [2.45, 2.75) is 26.2 Å². The number of para-hydroxylation sites is 3. The second-order valence-corrected chi connectivity index (χ2v) is 23.6. The third kappa shape index (κ3) is 19.8. The first-order chi connectivity index (χ1) is 47.9. The molecule has 0 unspecified atom stereocenters. The molecule has 0 aromatic heterocycles. The lowest BCUT2D eigenvalue weighted by molar-refractivity contribution is 0.306. The highest BCUT2D eigenvalue weighted by Crippen LogP contribution is 2.41. The number of benzene rings is 14. The lowest BCUT2D eigenvalue weighted by Gasteiger charge is -2.26. The SMILES string of the molecule is Brc1cccc(OCc2ccccc2)c1.c1ccc(COc2cccc(N(c3ccccc3)c3ccc(Oc4cccc(N(c5ccccc5)c5cccc(OCc6ccccc6)c5)c4)cc3)c2)cc1.c1ccc(Cc2cccc(Oc3ccc(Nc4ccccc4)cc3)c2)cc1. The van der Waals surface area contributed by atoms with E-state index in [1.54, 1.807) is 0 Å². The van der Waals surface area contributed by atoms with Crippen molar-refractivity contribution in [3.8, 4) is 40.2 Å². The van der Waals surface area contributed by atoms with Gasteiger partial charge >= 0.3 is 0 Å². The Kier molecular flexibility index (Phi) is 22.9. The predicted octanol–water partition coefficient (Wildman–Crippen LogP) is 24.4. The summed E-state index contributed by atoms with van der Waals surface area (Å²) in [4.78, 5) is 4.43. The van der Waals surface area contributed by atoms with E-state index in [-0.39, 0.29) is 0 Å². The van der Waals surface area contributed by atoms with Crippen LogP contribution in [0.25, 0.3) is 0 Å². The fourth-order valence-electron chi connectivity index (χ4n) is 10.7. The van der Waals surface area contributed by atoms with Crippen LogP contribution in [0.5, 0.6) is 40.2 Å². The van der Waals surface area contributed by atoms with E-state index in [0.29, 0.717) is 19.8 Å². The average molecular weight is 1330 g/mol. The molecule has 0 saturated carbocycles. The zero-order valence-electron chi connectivity index (χ0n) is 53.5. The van der Waals surface area contributed by atoms with E-state index in [1.807, 2.05) is 224 Å². The Bertz CT molecular complexity index is 4640. The molecule has 0 saturated heterocycles. The summed E-state index contributed by atoms with van der Waals surface area (Å²) in [7, 11) is 0. The van der Waals surface area contributed by atoms with Crippen LogP contribution in [0.3, 0.4) is 0 Å². The number of ether oxygens (including phenoxy) is 5. The van der Waals surface area contributed by atoms with Gasteiger partial charge in [-0.1, -0.05) is 228 Å². The molecule has 9 heteroatoms. The molecule has 14 aromatic rings. The van der Waals surface area contributed by atoms with Gasteiger partial charge in [-0.15, -0.1) is 0 Å². The van der Waals surface area contributed by atoms with E-state index in [9.17, 15) is 0 Å². The summed E-state index contributed by atoms with van der Waals surface area (Å²) in [6.07, 6.45) is 0.901. The highest BCUT2D eigenvalue weighted by molar-refractivity contribution is 9.10. The molecule has 476 valence electrons. The van der Waals surface area contributed by atoms with E-state index in [4.69, 9.17) is 23.7 Å². The molecular formula is C88H72BrN3O5. The van der Waals surface area contributed by atoms with Crippen molar-refractivity contribution in [2.75, 3.05) is 15.1 Å². The van der Waals surface area contributed by atoms with E-state index in [2.05, 4.69) is 189 Å². The predicted molar refractivity (Wildman–Crippen MR) is 401 cm³/mol. The first-order valence-corrected chi connectivity index (χ1v) is 33.0. The van der Waals surface area contributed by atoms with E-state index in [0.717, 1.165) is 108 Å². The number of hydrogen-bond acceptors (Lipinski definition) is 8. The number of halogens is 1. The maximum atomic E-state index is 6.50. The van der Waals surface area contributed by atoms with Crippen molar-refractivity contribution in [2.24, 2.45) is 0 Å². The van der Waals surface area contributed by atoms with Crippen LogP contribution < -0.4 is 38.8 Å². The molecule has 0 fully saturated rings. The quantitative estimate of drug-likeness (QED) is 0.0680. The Morgan fingerprint density at radius 3 is 0.990 bits per heavy atom. The van der Waals surface area contributed by atoms with Crippen molar-refractivity contribution in [1.82, 2.24) is 0 Å². The fraction of sp³-hybridized carbons (Fsp3) is 0.0455. The smallest absolute Gasteiger partial charge is 0.129 e. The van der Waals surface area contributed by atoms with Crippen LogP contribution in [0, 0.1) is 0 Å². The van der Waals surface area contributed by atoms with Gasteiger partial charge in [0.25, 0.3) is 0 Å². The first kappa shape index (κ1) is 65.0. The van der Waals surface area contributed by atoms with Crippen LogP contribution in [0.1, 0.15) is 27.8 Å². The van der Waals surface area contributed by atoms with Crippen molar-refractivity contribution < 1.29 is 23.7 Å². The lowest BCUT2D eigenvalue weighted by atomic mass is 10.1. The minimum Gasteiger partial charge on any atom is -0.489 e. The molecule has 0 heterocycles. The second-order valence-electron chi connectivity index (χ2n) is 22.6. The molecule has 0 radical (unpaired) electrons. The first-order valence-electron chi connectivity index (χ1n) is 32.2. The third-order valence-corrected chi connectivity index (χ3v) is 15.9. The molecule has 14 rings (SSSR count). The average Bonchev–Trinajstić information content (AvgIpc) is 0.847. The molecule has 0 spiro atoms. The van der Waals surface area contributed by atoms with Gasteiger partial charge in [-0.2, -0.15) is 0 Å². The van der Waals surface area contributed by atoms with Gasteiger partial charge in [0.15, 0.2) is 0 Å². The van der Waals surface area contributed by atoms with Crippen LogP contribution in [-0.4, -0.2) is 0 Å². The summed E-state index contributed by atoms with van der Waals surface area (Å²) in [5, 5.41) is 3.38. The summed E-state index contributed by atoms with van der Waals surface area (Å²) in [6.45, 7) is 1.61. The Morgan fingerprint density at radius 1 is 0.227 bits per heavy atom. The number of rotatable bonds is 23. The largest absolute Gasteiger partial charge is 0.489 e. The highest BCUT2D eigenvalue weighted by atomic mass is 79.9. The van der Waals surface area contributed by atoms with E-state index >= 15 is 0 Å². The van der Waals surface area contributed by atoms with Crippen LogP contribution in [-0.2, 0) is 26.2 Å². The van der Waals surface area contributed by atoms with Crippen LogP contribution in [0.15, 0.2) is 387 Å². The molecule has 1 N–H and O–H groups in total. The van der Waals surface area contributed by atoms with Gasteiger partial charge in [-0.05, 0) is 186 Å². The van der Waals surface area contributed by atoms with Crippen LogP contribution in [0.4, 0.5) is 45.5 Å². The summed E-state index contributed by atoms with van der Waals surface area (Å²) in [5.41, 5.74) is 14.1. The molecule has 0 aliphatic heterocycles. The van der Waals surface area contributed by atoms with Gasteiger partial charge in [-0.3, -0.25) is 0 Å². The van der Waals surface area contributed by atoms with Gasteiger partial charge in [-0.25, -0.2) is 0 Å². The van der Waals surface area contributed by atoms with Gasteiger partial charge in [0.2, 0.25) is 0 Å². The Morgan fingerprint density at radius 2 is 0.536 bits per heavy atom. The Balaban J connectivity index is 0.000000174. The molecule has 0 amide bonds. The number of nitrogens with zero attached hydrogens (tertiary/aromatic N) is 2. The maximum absolute atomic E-state index is 6.50. The molecule has 0 bridgehead atoms. The van der Waals surface area contributed by atoms with E-state index in [1.165, 1.54) is 16.7 Å². The second kappa shape index (κ2) is 34.2. The van der Waals surface area contributed by atoms with Gasteiger partial charge in [0.1, 0.15) is 60.1 Å². The molecule has 8 nitrogen and oxygen atoms in total. The number of nitrogens with one attached hydrogen (secondary N) is 1. The summed E-state index contributed by atoms with van der Waals surface area (Å²) in [6, 6.07) is 129. The molecule has 97 heavy (non-hydrogen) atoms. The van der Waals surface area contributed by atoms with Crippen molar-refractivity contribution in [3.05, 3.63) is 414 Å². The molecule has 0 atom stereocenters. The minimum absolute atomic E-state index is 0.496. The number of hydrogen-bond donors (Lipinski definition) is 1. The monoisotopic (exact) mass is 1330 g/mol.